The Morgan fingerprint density at radius 1 is 1.57 bits per heavy atom. The third kappa shape index (κ3) is 5.96. The fraction of sp³-hybridized carbons (Fsp3) is 1.00. The standard InChI is InChI=1S/C6H15N/c1-3-4-5-6(2)7/h6H,3-5,7H2,1-2H3/p+1. The first-order valence-electron chi connectivity index (χ1n) is 3.10. The molecule has 1 nitrogen and oxygen atoms in total. The molecular formula is C6H16N+. The van der Waals surface area contributed by atoms with Crippen molar-refractivity contribution in [2.75, 3.05) is 0 Å². The second kappa shape index (κ2) is 4.13. The van der Waals surface area contributed by atoms with Gasteiger partial charge in [-0.05, 0) is 19.8 Å². The number of hydrogen-bond acceptors (Lipinski definition) is 0. The lowest BCUT2D eigenvalue weighted by Crippen LogP contribution is -2.58. The van der Waals surface area contributed by atoms with E-state index in [-0.39, 0.29) is 0 Å². The average Bonchev–Trinajstić information content (AvgIpc) is 1.61. The minimum absolute atomic E-state index is 0.653. The zero-order valence-electron chi connectivity index (χ0n) is 5.41. The SMILES string of the molecule is CCCCC(C)[NH3+]. The first-order valence-corrected chi connectivity index (χ1v) is 3.10. The summed E-state index contributed by atoms with van der Waals surface area (Å²) in [5.74, 6) is 0. The van der Waals surface area contributed by atoms with Crippen LogP contribution in [0.4, 0.5) is 0 Å². The molecule has 0 heterocycles. The van der Waals surface area contributed by atoms with Crippen LogP contribution in [0.3, 0.4) is 0 Å². The Kier molecular flexibility index (Phi) is 4.10. The highest BCUT2D eigenvalue weighted by molar-refractivity contribution is 4.42. The molecule has 0 bridgehead atoms. The summed E-state index contributed by atoms with van der Waals surface area (Å²) in [5.41, 5.74) is 3.88. The Balaban J connectivity index is 2.68. The van der Waals surface area contributed by atoms with E-state index in [0.717, 1.165) is 0 Å². The lowest BCUT2D eigenvalue weighted by molar-refractivity contribution is -0.415. The average molecular weight is 102 g/mol. The van der Waals surface area contributed by atoms with Crippen molar-refractivity contribution in [1.82, 2.24) is 0 Å². The molecule has 0 aromatic heterocycles. The highest BCUT2D eigenvalue weighted by Gasteiger charge is 1.92. The van der Waals surface area contributed by atoms with E-state index >= 15 is 0 Å². The Hall–Kier alpha value is -0.0400. The van der Waals surface area contributed by atoms with Gasteiger partial charge in [-0.2, -0.15) is 0 Å². The van der Waals surface area contributed by atoms with Crippen molar-refractivity contribution < 1.29 is 5.73 Å². The van der Waals surface area contributed by atoms with Crippen LogP contribution in [0.1, 0.15) is 33.1 Å². The van der Waals surface area contributed by atoms with E-state index in [1.165, 1.54) is 19.3 Å². The molecule has 0 fully saturated rings. The molecule has 1 unspecified atom stereocenters. The van der Waals surface area contributed by atoms with Gasteiger partial charge in [-0.15, -0.1) is 0 Å². The molecule has 0 radical (unpaired) electrons. The summed E-state index contributed by atoms with van der Waals surface area (Å²) in [6, 6.07) is 0.653. The summed E-state index contributed by atoms with van der Waals surface area (Å²) in [6.45, 7) is 4.37. The van der Waals surface area contributed by atoms with Crippen molar-refractivity contribution in [3.8, 4) is 0 Å². The van der Waals surface area contributed by atoms with Crippen molar-refractivity contribution >= 4 is 0 Å². The minimum Gasteiger partial charge on any atom is -0.355 e. The summed E-state index contributed by atoms with van der Waals surface area (Å²) >= 11 is 0. The molecule has 3 N–H and O–H groups in total. The lowest BCUT2D eigenvalue weighted by atomic mass is 10.2. The van der Waals surface area contributed by atoms with Crippen molar-refractivity contribution in [3.63, 3.8) is 0 Å². The Bertz CT molecular complexity index is 33.2. The van der Waals surface area contributed by atoms with Gasteiger partial charge in [0.25, 0.3) is 0 Å². The van der Waals surface area contributed by atoms with Gasteiger partial charge in [-0.25, -0.2) is 0 Å². The summed E-state index contributed by atoms with van der Waals surface area (Å²) in [6.07, 6.45) is 3.93. The van der Waals surface area contributed by atoms with Gasteiger partial charge in [0.2, 0.25) is 0 Å². The van der Waals surface area contributed by atoms with Crippen molar-refractivity contribution in [3.05, 3.63) is 0 Å². The molecule has 7 heavy (non-hydrogen) atoms. The summed E-state index contributed by atoms with van der Waals surface area (Å²) in [7, 11) is 0. The van der Waals surface area contributed by atoms with Crippen LogP contribution in [0.2, 0.25) is 0 Å². The number of quaternary nitrogens is 1. The van der Waals surface area contributed by atoms with Gasteiger partial charge in [-0.1, -0.05) is 13.3 Å². The topological polar surface area (TPSA) is 27.6 Å². The lowest BCUT2D eigenvalue weighted by Gasteiger charge is -1.96. The molecule has 0 aliphatic rings. The van der Waals surface area contributed by atoms with Gasteiger partial charge in [0.05, 0.1) is 6.04 Å². The van der Waals surface area contributed by atoms with E-state index in [4.69, 9.17) is 0 Å². The van der Waals surface area contributed by atoms with Crippen LogP contribution in [0, 0.1) is 0 Å². The number of hydrogen-bond donors (Lipinski definition) is 1. The third-order valence-electron chi connectivity index (χ3n) is 1.05. The van der Waals surface area contributed by atoms with E-state index in [1.54, 1.807) is 0 Å². The predicted octanol–water partition coefficient (Wildman–Crippen LogP) is 0.807. The Morgan fingerprint density at radius 3 is 2.29 bits per heavy atom. The first-order chi connectivity index (χ1) is 3.27. The molecule has 0 spiro atoms. The van der Waals surface area contributed by atoms with E-state index in [1.807, 2.05) is 0 Å². The van der Waals surface area contributed by atoms with Crippen molar-refractivity contribution in [1.29, 1.82) is 0 Å². The molecule has 1 heteroatoms. The minimum atomic E-state index is 0.653. The molecule has 1 atom stereocenters. The largest absolute Gasteiger partial charge is 0.355 e. The monoisotopic (exact) mass is 102 g/mol. The molecule has 0 saturated carbocycles. The normalized spacial score (nSPS) is 14.1. The van der Waals surface area contributed by atoms with Crippen LogP contribution < -0.4 is 5.73 Å². The van der Waals surface area contributed by atoms with E-state index in [9.17, 15) is 0 Å². The number of rotatable bonds is 3. The zero-order chi connectivity index (χ0) is 5.70. The van der Waals surface area contributed by atoms with Gasteiger partial charge in [0.1, 0.15) is 0 Å². The third-order valence-corrected chi connectivity index (χ3v) is 1.05. The summed E-state index contributed by atoms with van der Waals surface area (Å²) in [5, 5.41) is 0. The molecule has 0 aliphatic carbocycles. The van der Waals surface area contributed by atoms with E-state index in [0.29, 0.717) is 6.04 Å². The van der Waals surface area contributed by atoms with Crippen LogP contribution >= 0.6 is 0 Å². The van der Waals surface area contributed by atoms with Crippen LogP contribution in [0.25, 0.3) is 0 Å². The van der Waals surface area contributed by atoms with Gasteiger partial charge in [-0.3, -0.25) is 0 Å². The Labute approximate surface area is 45.9 Å². The fourth-order valence-electron chi connectivity index (χ4n) is 0.553. The number of unbranched alkanes of at least 4 members (excludes halogenated alkanes) is 1. The maximum Gasteiger partial charge on any atom is 0.0815 e. The van der Waals surface area contributed by atoms with Gasteiger partial charge < -0.3 is 5.73 Å². The van der Waals surface area contributed by atoms with E-state index in [2.05, 4.69) is 19.6 Å². The zero-order valence-corrected chi connectivity index (χ0v) is 5.41. The first kappa shape index (κ1) is 6.96. The van der Waals surface area contributed by atoms with Crippen LogP contribution in [-0.4, -0.2) is 6.04 Å². The highest BCUT2D eigenvalue weighted by Crippen LogP contribution is 1.93. The van der Waals surface area contributed by atoms with E-state index < -0.39 is 0 Å². The molecule has 0 saturated heterocycles. The molecule has 0 rings (SSSR count). The second-order valence-electron chi connectivity index (χ2n) is 2.25. The molecular weight excluding hydrogens is 86.1 g/mol. The maximum atomic E-state index is 3.88. The van der Waals surface area contributed by atoms with Crippen molar-refractivity contribution in [2.45, 2.75) is 39.2 Å². The van der Waals surface area contributed by atoms with Gasteiger partial charge in [0.15, 0.2) is 0 Å². The molecule has 0 aromatic rings. The Morgan fingerprint density at radius 2 is 2.14 bits per heavy atom. The van der Waals surface area contributed by atoms with Gasteiger partial charge in [0, 0.05) is 0 Å². The quantitative estimate of drug-likeness (QED) is 0.546. The van der Waals surface area contributed by atoms with Crippen LogP contribution in [0.15, 0.2) is 0 Å². The molecule has 0 amide bonds. The van der Waals surface area contributed by atoms with Crippen LogP contribution in [-0.2, 0) is 0 Å². The molecule has 44 valence electrons. The summed E-state index contributed by atoms with van der Waals surface area (Å²) in [4.78, 5) is 0. The van der Waals surface area contributed by atoms with Crippen molar-refractivity contribution in [2.24, 2.45) is 0 Å². The van der Waals surface area contributed by atoms with Gasteiger partial charge >= 0.3 is 0 Å². The summed E-state index contributed by atoms with van der Waals surface area (Å²) < 4.78 is 0. The highest BCUT2D eigenvalue weighted by atomic mass is 14.6. The predicted molar refractivity (Wildman–Crippen MR) is 31.9 cm³/mol. The second-order valence-corrected chi connectivity index (χ2v) is 2.25. The smallest absolute Gasteiger partial charge is 0.0815 e. The maximum absolute atomic E-state index is 3.88. The fourth-order valence-corrected chi connectivity index (χ4v) is 0.553. The van der Waals surface area contributed by atoms with Crippen LogP contribution in [0.5, 0.6) is 0 Å². The molecule has 0 aliphatic heterocycles. The molecule has 0 aromatic carbocycles.